The molecular formula is C21H25Cl2NO2. The number of hydrogen-bond donors (Lipinski definition) is 0. The second-order valence-electron chi connectivity index (χ2n) is 6.23. The Kier molecular flexibility index (Phi) is 8.27. The molecule has 26 heavy (non-hydrogen) atoms. The average molecular weight is 394 g/mol. The van der Waals surface area contributed by atoms with Crippen molar-refractivity contribution in [2.45, 2.75) is 39.0 Å². The third kappa shape index (κ3) is 5.65. The number of carbonyl (C=O) groups excluding carboxylic acids is 1. The van der Waals surface area contributed by atoms with Crippen LogP contribution in [-0.4, -0.2) is 19.6 Å². The molecule has 0 radical (unpaired) electrons. The van der Waals surface area contributed by atoms with Crippen molar-refractivity contribution < 1.29 is 9.53 Å². The van der Waals surface area contributed by atoms with Gasteiger partial charge in [-0.05, 0) is 30.7 Å². The molecule has 0 fully saturated rings. The molecule has 0 aliphatic rings. The lowest BCUT2D eigenvalue weighted by Crippen LogP contribution is -2.26. The molecule has 0 saturated carbocycles. The molecule has 1 amide bonds. The maximum atomic E-state index is 12.7. The second kappa shape index (κ2) is 10.4. The molecule has 5 heteroatoms. The first-order valence-corrected chi connectivity index (χ1v) is 9.75. The van der Waals surface area contributed by atoms with Crippen molar-refractivity contribution in [3.63, 3.8) is 0 Å². The number of ether oxygens (including phenoxy) is 1. The number of amides is 1. The lowest BCUT2D eigenvalue weighted by atomic mass is 10.1. The summed E-state index contributed by atoms with van der Waals surface area (Å²) in [5, 5.41) is 0.715. The van der Waals surface area contributed by atoms with Crippen LogP contribution in [0.25, 0.3) is 0 Å². The van der Waals surface area contributed by atoms with Gasteiger partial charge in [0.2, 0.25) is 0 Å². The minimum Gasteiger partial charge on any atom is -0.490 e. The van der Waals surface area contributed by atoms with Crippen molar-refractivity contribution in [2.75, 3.05) is 18.6 Å². The van der Waals surface area contributed by atoms with Crippen LogP contribution >= 0.6 is 23.2 Å². The summed E-state index contributed by atoms with van der Waals surface area (Å²) in [7, 11) is 1.72. The van der Waals surface area contributed by atoms with Crippen LogP contribution in [0.1, 0.15) is 49.4 Å². The Hall–Kier alpha value is -1.71. The van der Waals surface area contributed by atoms with Crippen molar-refractivity contribution in [3.8, 4) is 5.75 Å². The molecule has 2 aromatic rings. The monoisotopic (exact) mass is 393 g/mol. The zero-order chi connectivity index (χ0) is 18.9. The number of anilines is 1. The van der Waals surface area contributed by atoms with Crippen molar-refractivity contribution >= 4 is 34.8 Å². The van der Waals surface area contributed by atoms with Crippen LogP contribution in [0, 0.1) is 0 Å². The summed E-state index contributed by atoms with van der Waals surface area (Å²) in [6.45, 7) is 2.76. The van der Waals surface area contributed by atoms with E-state index in [9.17, 15) is 4.79 Å². The van der Waals surface area contributed by atoms with Crippen molar-refractivity contribution in [1.82, 2.24) is 0 Å². The Morgan fingerprint density at radius 2 is 1.62 bits per heavy atom. The van der Waals surface area contributed by atoms with Gasteiger partial charge in [-0.15, -0.1) is 0 Å². The smallest absolute Gasteiger partial charge is 0.258 e. The normalized spacial score (nSPS) is 10.6. The highest BCUT2D eigenvalue weighted by molar-refractivity contribution is 6.37. The molecule has 0 saturated heterocycles. The molecule has 140 valence electrons. The lowest BCUT2D eigenvalue weighted by Gasteiger charge is -2.18. The highest BCUT2D eigenvalue weighted by Gasteiger charge is 2.18. The Bertz CT molecular complexity index is 696. The number of hydrogen-bond acceptors (Lipinski definition) is 2. The van der Waals surface area contributed by atoms with Crippen LogP contribution in [0.5, 0.6) is 5.75 Å². The Morgan fingerprint density at radius 1 is 1.00 bits per heavy atom. The highest BCUT2D eigenvalue weighted by atomic mass is 35.5. The predicted octanol–water partition coefficient (Wildman–Crippen LogP) is 6.62. The zero-order valence-corrected chi connectivity index (χ0v) is 16.8. The first-order valence-electron chi connectivity index (χ1n) is 8.99. The molecule has 2 rings (SSSR count). The van der Waals surface area contributed by atoms with Gasteiger partial charge in [0.15, 0.2) is 5.75 Å². The van der Waals surface area contributed by atoms with E-state index in [1.807, 2.05) is 30.3 Å². The molecule has 0 aromatic heterocycles. The van der Waals surface area contributed by atoms with Gasteiger partial charge in [0.05, 0.1) is 16.7 Å². The van der Waals surface area contributed by atoms with E-state index in [1.165, 1.54) is 19.3 Å². The summed E-state index contributed by atoms with van der Waals surface area (Å²) in [5.41, 5.74) is 1.23. The SMILES string of the molecule is CCCCCCCOc1c(Cl)cc(C(=O)N(C)c2ccccc2)cc1Cl. The van der Waals surface area contributed by atoms with E-state index in [0.29, 0.717) is 28.0 Å². The van der Waals surface area contributed by atoms with E-state index in [2.05, 4.69) is 6.92 Å². The first kappa shape index (κ1) is 20.6. The van der Waals surface area contributed by atoms with Gasteiger partial charge in [-0.3, -0.25) is 4.79 Å². The van der Waals surface area contributed by atoms with Crippen molar-refractivity contribution in [3.05, 3.63) is 58.1 Å². The third-order valence-corrected chi connectivity index (χ3v) is 4.75. The summed E-state index contributed by atoms with van der Waals surface area (Å²) >= 11 is 12.6. The van der Waals surface area contributed by atoms with Crippen LogP contribution in [0.4, 0.5) is 5.69 Å². The minimum absolute atomic E-state index is 0.175. The van der Waals surface area contributed by atoms with Crippen LogP contribution in [-0.2, 0) is 0 Å². The van der Waals surface area contributed by atoms with Crippen LogP contribution in [0.3, 0.4) is 0 Å². The van der Waals surface area contributed by atoms with E-state index < -0.39 is 0 Å². The van der Waals surface area contributed by atoms with Gasteiger partial charge >= 0.3 is 0 Å². The topological polar surface area (TPSA) is 29.5 Å². The Labute approximate surface area is 165 Å². The van der Waals surface area contributed by atoms with Gasteiger partial charge in [0, 0.05) is 18.3 Å². The van der Waals surface area contributed by atoms with E-state index in [4.69, 9.17) is 27.9 Å². The lowest BCUT2D eigenvalue weighted by molar-refractivity contribution is 0.0993. The molecule has 0 heterocycles. The molecule has 2 aromatic carbocycles. The quantitative estimate of drug-likeness (QED) is 0.448. The second-order valence-corrected chi connectivity index (χ2v) is 7.05. The van der Waals surface area contributed by atoms with Crippen LogP contribution in [0.15, 0.2) is 42.5 Å². The Morgan fingerprint density at radius 3 is 2.23 bits per heavy atom. The molecular weight excluding hydrogens is 369 g/mol. The molecule has 0 aliphatic carbocycles. The largest absolute Gasteiger partial charge is 0.490 e. The van der Waals surface area contributed by atoms with Crippen molar-refractivity contribution in [1.29, 1.82) is 0 Å². The standard InChI is InChI=1S/C21H25Cl2NO2/c1-3-4-5-6-10-13-26-20-18(22)14-16(15-19(20)23)21(25)24(2)17-11-8-7-9-12-17/h7-9,11-12,14-15H,3-6,10,13H2,1-2H3. The highest BCUT2D eigenvalue weighted by Crippen LogP contribution is 2.35. The maximum Gasteiger partial charge on any atom is 0.258 e. The molecule has 3 nitrogen and oxygen atoms in total. The molecule has 0 atom stereocenters. The fourth-order valence-electron chi connectivity index (χ4n) is 2.66. The fraction of sp³-hybridized carbons (Fsp3) is 0.381. The van der Waals surface area contributed by atoms with Gasteiger partial charge in [-0.25, -0.2) is 0 Å². The van der Waals surface area contributed by atoms with Crippen LogP contribution < -0.4 is 9.64 Å². The van der Waals surface area contributed by atoms with Gasteiger partial charge in [0.25, 0.3) is 5.91 Å². The summed E-state index contributed by atoms with van der Waals surface area (Å²) < 4.78 is 5.74. The zero-order valence-electron chi connectivity index (χ0n) is 15.3. The molecule has 0 bridgehead atoms. The van der Waals surface area contributed by atoms with Gasteiger partial charge in [-0.1, -0.05) is 74.0 Å². The van der Waals surface area contributed by atoms with E-state index in [1.54, 1.807) is 24.1 Å². The van der Waals surface area contributed by atoms with Crippen molar-refractivity contribution in [2.24, 2.45) is 0 Å². The summed E-state index contributed by atoms with van der Waals surface area (Å²) in [4.78, 5) is 14.3. The first-order chi connectivity index (χ1) is 12.5. The minimum atomic E-state index is -0.175. The Balaban J connectivity index is 2.02. The molecule has 0 aliphatic heterocycles. The fourth-order valence-corrected chi connectivity index (χ4v) is 3.26. The number of nitrogens with zero attached hydrogens (tertiary/aromatic N) is 1. The summed E-state index contributed by atoms with van der Waals surface area (Å²) in [6.07, 6.45) is 5.75. The summed E-state index contributed by atoms with van der Waals surface area (Å²) in [5.74, 6) is 0.272. The maximum absolute atomic E-state index is 12.7. The van der Waals surface area contributed by atoms with Gasteiger partial charge in [-0.2, -0.15) is 0 Å². The van der Waals surface area contributed by atoms with E-state index in [0.717, 1.165) is 18.5 Å². The number of carbonyl (C=O) groups is 1. The number of para-hydroxylation sites is 1. The number of benzene rings is 2. The predicted molar refractivity (Wildman–Crippen MR) is 110 cm³/mol. The van der Waals surface area contributed by atoms with Crippen LogP contribution in [0.2, 0.25) is 10.0 Å². The number of unbranched alkanes of at least 4 members (excludes halogenated alkanes) is 4. The van der Waals surface area contributed by atoms with E-state index >= 15 is 0 Å². The van der Waals surface area contributed by atoms with Gasteiger partial charge < -0.3 is 9.64 Å². The number of halogens is 2. The molecule has 0 unspecified atom stereocenters. The third-order valence-electron chi connectivity index (χ3n) is 4.19. The molecule has 0 spiro atoms. The van der Waals surface area contributed by atoms with Gasteiger partial charge in [0.1, 0.15) is 0 Å². The summed E-state index contributed by atoms with van der Waals surface area (Å²) in [6, 6.07) is 12.6. The van der Waals surface area contributed by atoms with E-state index in [-0.39, 0.29) is 5.91 Å². The number of rotatable bonds is 9. The average Bonchev–Trinajstić information content (AvgIpc) is 2.65. The molecule has 0 N–H and O–H groups in total.